The van der Waals surface area contributed by atoms with Crippen LogP contribution in [0.25, 0.3) is 0 Å². The van der Waals surface area contributed by atoms with E-state index in [1.54, 1.807) is 0 Å². The van der Waals surface area contributed by atoms with Crippen molar-refractivity contribution in [3.63, 3.8) is 0 Å². The second-order valence-electron chi connectivity index (χ2n) is 12.6. The minimum atomic E-state index is -0.973. The first-order chi connectivity index (χ1) is 20.5. The molecule has 0 aromatic rings. The predicted molar refractivity (Wildman–Crippen MR) is 177 cm³/mol. The Morgan fingerprint density at radius 3 is 1.44 bits per heavy atom. The van der Waals surface area contributed by atoms with Crippen molar-refractivity contribution in [2.45, 2.75) is 200 Å². The van der Waals surface area contributed by atoms with Crippen LogP contribution in [0.5, 0.6) is 0 Å². The molecule has 0 saturated heterocycles. The summed E-state index contributed by atoms with van der Waals surface area (Å²) < 4.78 is 0. The van der Waals surface area contributed by atoms with Crippen molar-refractivity contribution in [3.8, 4) is 0 Å². The number of aliphatic imine (C=N–C) groups is 1. The minimum absolute atomic E-state index is 0. The molecule has 0 saturated carbocycles. The monoisotopic (exact) mass is 632 g/mol. The molecule has 7 heteroatoms. The molecule has 0 aromatic carbocycles. The van der Waals surface area contributed by atoms with Gasteiger partial charge in [0, 0.05) is 12.5 Å². The van der Waals surface area contributed by atoms with Gasteiger partial charge in [0.2, 0.25) is 5.91 Å². The van der Waals surface area contributed by atoms with E-state index in [1.165, 1.54) is 96.3 Å². The topological polar surface area (TPSA) is 102 Å². The van der Waals surface area contributed by atoms with Crippen molar-refractivity contribution in [2.75, 3.05) is 6.54 Å². The first-order valence-corrected chi connectivity index (χ1v) is 18.2. The molecule has 0 fully saturated rings. The first-order valence-electron chi connectivity index (χ1n) is 18.2. The molecule has 0 radical (unpaired) electrons. The number of nitrogens with one attached hydrogen (secondary N) is 1. The van der Waals surface area contributed by atoms with Crippen LogP contribution in [-0.4, -0.2) is 35.5 Å². The summed E-state index contributed by atoms with van der Waals surface area (Å²) in [6.45, 7) is 7.10. The zero-order valence-corrected chi connectivity index (χ0v) is 32.2. The summed E-state index contributed by atoms with van der Waals surface area (Å²) >= 11 is 0. The van der Waals surface area contributed by atoms with Crippen LogP contribution in [0.4, 0.5) is 0 Å². The maximum Gasteiger partial charge on any atom is 1.00 e. The SMILES string of the molecule is CCCCCCCCCCCC([O-])=NCCCCC(NC(=O)C(CCCCCCC)CCCCCCCCC)C(=O)O.[K+]. The molecule has 6 nitrogen and oxygen atoms in total. The molecule has 0 aromatic heterocycles. The summed E-state index contributed by atoms with van der Waals surface area (Å²) in [5, 5.41) is 24.7. The number of carboxylic acids is 1. The van der Waals surface area contributed by atoms with Crippen LogP contribution in [0.3, 0.4) is 0 Å². The van der Waals surface area contributed by atoms with E-state index in [4.69, 9.17) is 0 Å². The third kappa shape index (κ3) is 30.5. The van der Waals surface area contributed by atoms with Crippen molar-refractivity contribution < 1.29 is 71.2 Å². The van der Waals surface area contributed by atoms with Gasteiger partial charge in [0.25, 0.3) is 0 Å². The van der Waals surface area contributed by atoms with E-state index in [2.05, 4.69) is 31.1 Å². The molecule has 0 rings (SSSR count). The zero-order valence-electron chi connectivity index (χ0n) is 29.1. The number of aliphatic carboxylic acids is 1. The first kappa shape index (κ1) is 45.2. The van der Waals surface area contributed by atoms with Crippen molar-refractivity contribution in [1.82, 2.24) is 5.32 Å². The molecule has 0 bridgehead atoms. The number of carbonyl (C=O) groups excluding carboxylic acids is 1. The maximum absolute atomic E-state index is 13.1. The molecule has 0 aliphatic rings. The van der Waals surface area contributed by atoms with E-state index in [0.29, 0.717) is 32.2 Å². The molecule has 0 aliphatic carbocycles. The van der Waals surface area contributed by atoms with Crippen molar-refractivity contribution in [1.29, 1.82) is 0 Å². The molecule has 248 valence electrons. The van der Waals surface area contributed by atoms with Crippen LogP contribution in [0.15, 0.2) is 4.99 Å². The van der Waals surface area contributed by atoms with Crippen LogP contribution in [0.2, 0.25) is 0 Å². The van der Waals surface area contributed by atoms with Gasteiger partial charge in [-0.1, -0.05) is 149 Å². The van der Waals surface area contributed by atoms with Crippen molar-refractivity contribution in [3.05, 3.63) is 0 Å². The number of nitrogens with zero attached hydrogens (tertiary/aromatic N) is 1. The van der Waals surface area contributed by atoms with Crippen LogP contribution < -0.4 is 61.8 Å². The Balaban J connectivity index is 0. The second kappa shape index (κ2) is 34.9. The Bertz CT molecular complexity index is 659. The number of hydrogen-bond acceptors (Lipinski definition) is 4. The number of rotatable bonds is 32. The molecule has 0 spiro atoms. The number of amides is 1. The average Bonchev–Trinajstić information content (AvgIpc) is 2.97. The number of carbonyl (C=O) groups is 2. The van der Waals surface area contributed by atoms with Crippen molar-refractivity contribution >= 4 is 17.8 Å². The largest absolute Gasteiger partial charge is 1.00 e. The van der Waals surface area contributed by atoms with Gasteiger partial charge < -0.3 is 20.5 Å². The molecule has 0 heterocycles. The van der Waals surface area contributed by atoms with Crippen LogP contribution in [0.1, 0.15) is 194 Å². The summed E-state index contributed by atoms with van der Waals surface area (Å²) in [6, 6.07) is -0.869. The van der Waals surface area contributed by atoms with E-state index >= 15 is 0 Å². The number of carboxylic acid groups (broad SMARTS) is 1. The van der Waals surface area contributed by atoms with Gasteiger partial charge in [-0.2, -0.15) is 0 Å². The van der Waals surface area contributed by atoms with E-state index < -0.39 is 12.0 Å². The zero-order chi connectivity index (χ0) is 31.1. The fraction of sp³-hybridized carbons (Fsp3) is 0.917. The third-order valence-electron chi connectivity index (χ3n) is 8.48. The average molecular weight is 633 g/mol. The fourth-order valence-electron chi connectivity index (χ4n) is 5.63. The smallest absolute Gasteiger partial charge is 0.862 e. The normalized spacial score (nSPS) is 13.0. The molecule has 0 aliphatic heterocycles. The molecule has 1 amide bonds. The van der Waals surface area contributed by atoms with Gasteiger partial charge in [0.1, 0.15) is 6.04 Å². The number of unbranched alkanes of at least 4 members (excludes halogenated alkanes) is 19. The minimum Gasteiger partial charge on any atom is -0.862 e. The molecular weight excluding hydrogens is 564 g/mol. The summed E-state index contributed by atoms with van der Waals surface area (Å²) in [7, 11) is 0. The van der Waals surface area contributed by atoms with Crippen molar-refractivity contribution in [2.24, 2.45) is 10.9 Å². The van der Waals surface area contributed by atoms with Gasteiger partial charge in [-0.15, -0.1) is 0 Å². The Morgan fingerprint density at radius 1 is 0.605 bits per heavy atom. The van der Waals surface area contributed by atoms with Gasteiger partial charge >= 0.3 is 57.4 Å². The number of hydrogen-bond donors (Lipinski definition) is 2. The predicted octanol–water partition coefficient (Wildman–Crippen LogP) is 6.53. The van der Waals surface area contributed by atoms with Gasteiger partial charge in [0.15, 0.2) is 0 Å². The molecule has 2 N–H and O–H groups in total. The summed E-state index contributed by atoms with van der Waals surface area (Å²) in [5.74, 6) is -1.20. The van der Waals surface area contributed by atoms with Gasteiger partial charge in [-0.3, -0.25) is 4.79 Å². The van der Waals surface area contributed by atoms with Gasteiger partial charge in [-0.25, -0.2) is 4.79 Å². The molecule has 2 unspecified atom stereocenters. The van der Waals surface area contributed by atoms with E-state index in [9.17, 15) is 19.8 Å². The van der Waals surface area contributed by atoms with Crippen LogP contribution >= 0.6 is 0 Å². The second-order valence-corrected chi connectivity index (χ2v) is 12.6. The Labute approximate surface area is 309 Å². The fourth-order valence-corrected chi connectivity index (χ4v) is 5.63. The molecule has 2 atom stereocenters. The van der Waals surface area contributed by atoms with E-state index in [-0.39, 0.29) is 69.1 Å². The summed E-state index contributed by atoms with van der Waals surface area (Å²) in [6.07, 6.45) is 29.2. The molecular formula is C36H69KN2O4. The van der Waals surface area contributed by atoms with Gasteiger partial charge in [0.05, 0.1) is 0 Å². The Hall–Kier alpha value is 0.0464. The van der Waals surface area contributed by atoms with E-state index in [0.717, 1.165) is 51.4 Å². The summed E-state index contributed by atoms with van der Waals surface area (Å²) in [4.78, 5) is 29.2. The van der Waals surface area contributed by atoms with Crippen LogP contribution in [-0.2, 0) is 9.59 Å². The Morgan fingerprint density at radius 2 is 1.00 bits per heavy atom. The molecule has 43 heavy (non-hydrogen) atoms. The Kier molecular flexibility index (Phi) is 36.7. The van der Waals surface area contributed by atoms with Gasteiger partial charge in [-0.05, 0) is 50.8 Å². The van der Waals surface area contributed by atoms with E-state index in [1.807, 2.05) is 0 Å². The quantitative estimate of drug-likeness (QED) is 0.0381. The third-order valence-corrected chi connectivity index (χ3v) is 8.48. The standard InChI is InChI=1S/C36H70N2O4.K/c1-4-7-10-13-15-16-18-21-24-30-34(39)37-31-26-25-29-33(36(41)42)38-35(40)32(27-22-19-12-9-6-3)28-23-20-17-14-11-8-5-2;/h32-33H,4-31H2,1-3H3,(H,37,39)(H,38,40)(H,41,42);/q;+1/p-1. The summed E-state index contributed by atoms with van der Waals surface area (Å²) in [5.41, 5.74) is 0. The maximum atomic E-state index is 13.1. The van der Waals surface area contributed by atoms with Crippen LogP contribution in [0, 0.1) is 5.92 Å².